The van der Waals surface area contributed by atoms with E-state index in [9.17, 15) is 18.0 Å². The fourth-order valence-electron chi connectivity index (χ4n) is 4.06. The maximum atomic E-state index is 14.5. The Hall–Kier alpha value is -2.89. The summed E-state index contributed by atoms with van der Waals surface area (Å²) in [5.41, 5.74) is 2.78. The summed E-state index contributed by atoms with van der Waals surface area (Å²) >= 11 is 0. The highest BCUT2D eigenvalue weighted by Crippen LogP contribution is 2.36. The predicted molar refractivity (Wildman–Crippen MR) is 99.3 cm³/mol. The van der Waals surface area contributed by atoms with Crippen LogP contribution in [0.15, 0.2) is 42.5 Å². The first-order chi connectivity index (χ1) is 13.6. The zero-order valence-corrected chi connectivity index (χ0v) is 15.2. The van der Waals surface area contributed by atoms with E-state index in [1.54, 1.807) is 6.07 Å². The molecule has 1 unspecified atom stereocenters. The maximum absolute atomic E-state index is 14.5. The molecule has 0 saturated heterocycles. The molecule has 144 valence electrons. The molecule has 1 aliphatic rings. The monoisotopic (exact) mass is 384 g/mol. The molecule has 2 aromatic carbocycles. The van der Waals surface area contributed by atoms with E-state index in [2.05, 4.69) is 5.10 Å². The van der Waals surface area contributed by atoms with Crippen LogP contribution in [-0.2, 0) is 12.8 Å². The molecule has 0 N–H and O–H groups in total. The lowest BCUT2D eigenvalue weighted by atomic mass is 9.91. The summed E-state index contributed by atoms with van der Waals surface area (Å²) in [5.74, 6) is -1.77. The number of carbonyl (C=O) groups is 1. The van der Waals surface area contributed by atoms with Gasteiger partial charge >= 0.3 is 0 Å². The van der Waals surface area contributed by atoms with Gasteiger partial charge in [0, 0.05) is 17.5 Å². The highest BCUT2D eigenvalue weighted by molar-refractivity contribution is 5.75. The fraction of sp³-hybridized carbons (Fsp3) is 0.273. The second-order valence-corrected chi connectivity index (χ2v) is 7.15. The Kier molecular flexibility index (Phi) is 5.03. The molecule has 1 aromatic heterocycles. The lowest BCUT2D eigenvalue weighted by Crippen LogP contribution is -2.12. The lowest BCUT2D eigenvalue weighted by molar-refractivity contribution is 0.111. The van der Waals surface area contributed by atoms with Crippen LogP contribution < -0.4 is 0 Å². The number of aromatic nitrogens is 2. The molecule has 0 aliphatic heterocycles. The Morgan fingerprint density at radius 1 is 1.07 bits per heavy atom. The van der Waals surface area contributed by atoms with Gasteiger partial charge in [0.1, 0.15) is 23.0 Å². The molecule has 1 atom stereocenters. The predicted octanol–water partition coefficient (Wildman–Crippen LogP) is 5.15. The van der Waals surface area contributed by atoms with E-state index in [0.717, 1.165) is 42.1 Å². The quantitative estimate of drug-likeness (QED) is 0.460. The van der Waals surface area contributed by atoms with Gasteiger partial charge < -0.3 is 0 Å². The Morgan fingerprint density at radius 3 is 2.64 bits per heavy atom. The average molecular weight is 384 g/mol. The first kappa shape index (κ1) is 18.5. The minimum atomic E-state index is -0.739. The van der Waals surface area contributed by atoms with Gasteiger partial charge in [-0.05, 0) is 55.5 Å². The Balaban J connectivity index is 1.85. The molecular formula is C22H19F3N2O. The summed E-state index contributed by atoms with van der Waals surface area (Å²) < 4.78 is 42.9. The molecule has 28 heavy (non-hydrogen) atoms. The molecule has 3 aromatic rings. The third-order valence-corrected chi connectivity index (χ3v) is 5.29. The van der Waals surface area contributed by atoms with Crippen molar-refractivity contribution in [2.45, 2.75) is 38.0 Å². The minimum absolute atomic E-state index is 0.0510. The van der Waals surface area contributed by atoms with E-state index in [4.69, 9.17) is 0 Å². The van der Waals surface area contributed by atoms with E-state index in [0.29, 0.717) is 19.1 Å². The summed E-state index contributed by atoms with van der Waals surface area (Å²) in [6.45, 7) is 0. The van der Waals surface area contributed by atoms with Gasteiger partial charge in [0.2, 0.25) is 0 Å². The average Bonchev–Trinajstić information content (AvgIpc) is 2.90. The summed E-state index contributed by atoms with van der Waals surface area (Å²) in [6.07, 6.45) is 4.56. The zero-order valence-electron chi connectivity index (χ0n) is 15.2. The van der Waals surface area contributed by atoms with Crippen LogP contribution >= 0.6 is 0 Å². The van der Waals surface area contributed by atoms with Crippen LogP contribution in [0, 0.1) is 17.5 Å². The smallest absolute Gasteiger partial charge is 0.170 e. The highest BCUT2D eigenvalue weighted by atomic mass is 19.1. The largest absolute Gasteiger partial charge is 0.296 e. The number of hydrogen-bond acceptors (Lipinski definition) is 2. The number of benzene rings is 2. The third-order valence-electron chi connectivity index (χ3n) is 5.29. The van der Waals surface area contributed by atoms with Gasteiger partial charge in [-0.2, -0.15) is 5.10 Å². The van der Waals surface area contributed by atoms with Crippen LogP contribution in [0.1, 0.15) is 52.5 Å². The number of aldehydes is 1. The molecule has 0 fully saturated rings. The van der Waals surface area contributed by atoms with E-state index >= 15 is 0 Å². The molecule has 0 amide bonds. The normalized spacial score (nSPS) is 16.5. The van der Waals surface area contributed by atoms with Gasteiger partial charge in [-0.3, -0.25) is 4.79 Å². The van der Waals surface area contributed by atoms with Gasteiger partial charge in [-0.15, -0.1) is 0 Å². The number of halogens is 3. The molecule has 0 saturated carbocycles. The van der Waals surface area contributed by atoms with Crippen molar-refractivity contribution in [1.29, 1.82) is 0 Å². The standard InChI is InChI=1S/C22H19F3N2O/c23-16-6-3-4-14(11-16)10-15-5-1-2-7-18-20(13-28)26-27(22(15)18)21-9-8-17(24)12-19(21)25/h3-4,6,8-9,11-13,15H,1-2,5,7,10H2. The van der Waals surface area contributed by atoms with Crippen LogP contribution in [-0.4, -0.2) is 16.1 Å². The molecule has 6 heteroatoms. The van der Waals surface area contributed by atoms with E-state index < -0.39 is 11.6 Å². The van der Waals surface area contributed by atoms with Crippen LogP contribution in [0.5, 0.6) is 0 Å². The van der Waals surface area contributed by atoms with Crippen LogP contribution in [0.4, 0.5) is 13.2 Å². The van der Waals surface area contributed by atoms with Crippen molar-refractivity contribution >= 4 is 6.29 Å². The molecule has 0 radical (unpaired) electrons. The van der Waals surface area contributed by atoms with Gasteiger partial charge in [0.25, 0.3) is 0 Å². The third kappa shape index (κ3) is 3.46. The van der Waals surface area contributed by atoms with Crippen molar-refractivity contribution in [3.8, 4) is 5.69 Å². The molecule has 4 rings (SSSR count). The van der Waals surface area contributed by atoms with Crippen molar-refractivity contribution in [3.05, 3.63) is 82.4 Å². The second-order valence-electron chi connectivity index (χ2n) is 7.15. The van der Waals surface area contributed by atoms with Gasteiger partial charge in [-0.1, -0.05) is 18.6 Å². The SMILES string of the molecule is O=Cc1nn(-c2ccc(F)cc2F)c2c1CCCCC2Cc1cccc(F)c1. The number of rotatable bonds is 4. The topological polar surface area (TPSA) is 34.9 Å². The molecule has 0 spiro atoms. The maximum Gasteiger partial charge on any atom is 0.170 e. The molecular weight excluding hydrogens is 365 g/mol. The Labute approximate surface area is 160 Å². The number of nitrogens with zero attached hydrogens (tertiary/aromatic N) is 2. The lowest BCUT2D eigenvalue weighted by Gasteiger charge is -2.19. The molecule has 3 nitrogen and oxygen atoms in total. The summed E-state index contributed by atoms with van der Waals surface area (Å²) in [4.78, 5) is 11.6. The van der Waals surface area contributed by atoms with Gasteiger partial charge in [0.05, 0.1) is 5.69 Å². The molecule has 1 heterocycles. The van der Waals surface area contributed by atoms with Crippen molar-refractivity contribution in [2.24, 2.45) is 0 Å². The minimum Gasteiger partial charge on any atom is -0.296 e. The fourth-order valence-corrected chi connectivity index (χ4v) is 4.06. The Morgan fingerprint density at radius 2 is 1.89 bits per heavy atom. The first-order valence-electron chi connectivity index (χ1n) is 9.33. The van der Waals surface area contributed by atoms with Crippen molar-refractivity contribution in [3.63, 3.8) is 0 Å². The number of carbonyl (C=O) groups excluding carboxylic acids is 1. The zero-order chi connectivity index (χ0) is 19.7. The number of hydrogen-bond donors (Lipinski definition) is 0. The Bertz CT molecular complexity index is 1030. The van der Waals surface area contributed by atoms with Crippen LogP contribution in [0.25, 0.3) is 5.69 Å². The molecule has 1 aliphatic carbocycles. The van der Waals surface area contributed by atoms with E-state index in [1.807, 2.05) is 6.07 Å². The van der Waals surface area contributed by atoms with Gasteiger partial charge in [0.15, 0.2) is 12.1 Å². The van der Waals surface area contributed by atoms with Crippen molar-refractivity contribution in [2.75, 3.05) is 0 Å². The molecule has 0 bridgehead atoms. The van der Waals surface area contributed by atoms with Crippen molar-refractivity contribution < 1.29 is 18.0 Å². The summed E-state index contributed by atoms with van der Waals surface area (Å²) in [6, 6.07) is 9.71. The highest BCUT2D eigenvalue weighted by Gasteiger charge is 2.28. The second kappa shape index (κ2) is 7.62. The number of fused-ring (bicyclic) bond motifs is 1. The van der Waals surface area contributed by atoms with Crippen LogP contribution in [0.2, 0.25) is 0 Å². The van der Waals surface area contributed by atoms with E-state index in [1.165, 1.54) is 28.9 Å². The van der Waals surface area contributed by atoms with Crippen molar-refractivity contribution in [1.82, 2.24) is 9.78 Å². The van der Waals surface area contributed by atoms with Gasteiger partial charge in [-0.25, -0.2) is 17.9 Å². The van der Waals surface area contributed by atoms with E-state index in [-0.39, 0.29) is 23.1 Å². The van der Waals surface area contributed by atoms with Crippen LogP contribution in [0.3, 0.4) is 0 Å². The summed E-state index contributed by atoms with van der Waals surface area (Å²) in [5, 5.41) is 4.33. The summed E-state index contributed by atoms with van der Waals surface area (Å²) in [7, 11) is 0. The first-order valence-corrected chi connectivity index (χ1v) is 9.33.